The van der Waals surface area contributed by atoms with Crippen molar-refractivity contribution in [3.05, 3.63) is 65.0 Å². The first-order valence-electron chi connectivity index (χ1n) is 12.1. The number of hydrogen-bond donors (Lipinski definition) is 0. The normalized spacial score (nSPS) is 18.8. The summed E-state index contributed by atoms with van der Waals surface area (Å²) in [4.78, 5) is 17.7. The van der Waals surface area contributed by atoms with Crippen LogP contribution in [-0.2, 0) is 4.79 Å². The molecule has 5 rings (SSSR count). The van der Waals surface area contributed by atoms with E-state index in [4.69, 9.17) is 9.47 Å². The fraction of sp³-hybridized carbons (Fsp3) is 0.444. The molecule has 2 aromatic carbocycles. The summed E-state index contributed by atoms with van der Waals surface area (Å²) >= 11 is 0. The van der Waals surface area contributed by atoms with Gasteiger partial charge in [0.25, 0.3) is 5.91 Å². The molecule has 0 bridgehead atoms. The molecule has 0 spiro atoms. The highest BCUT2D eigenvalue weighted by Crippen LogP contribution is 2.40. The number of ether oxygens (including phenoxy) is 2. The Balaban J connectivity index is 1.44. The van der Waals surface area contributed by atoms with Crippen molar-refractivity contribution in [1.29, 1.82) is 0 Å². The van der Waals surface area contributed by atoms with Gasteiger partial charge in [0.2, 0.25) is 0 Å². The smallest absolute Gasteiger partial charge is 0.253 e. The first-order chi connectivity index (χ1) is 16.2. The SMILES string of the molecule is O=C(C1=C(c2ccc(F)cc2)c2cc(OCCN3CCCCC3)ccc2OC1)N1CCCC1. The van der Waals surface area contributed by atoms with Crippen molar-refractivity contribution in [3.63, 3.8) is 0 Å². The van der Waals surface area contributed by atoms with Crippen LogP contribution in [0.4, 0.5) is 4.39 Å². The van der Waals surface area contributed by atoms with Crippen molar-refractivity contribution in [2.75, 3.05) is 45.9 Å². The van der Waals surface area contributed by atoms with Crippen LogP contribution in [-0.4, -0.2) is 61.6 Å². The van der Waals surface area contributed by atoms with E-state index in [0.717, 1.165) is 73.8 Å². The zero-order valence-electron chi connectivity index (χ0n) is 19.0. The Hall–Kier alpha value is -2.86. The molecule has 3 aliphatic rings. The summed E-state index contributed by atoms with van der Waals surface area (Å²) in [6.07, 6.45) is 5.89. The molecule has 2 saturated heterocycles. The number of fused-ring (bicyclic) bond motifs is 1. The van der Waals surface area contributed by atoms with Crippen LogP contribution in [0.1, 0.15) is 43.2 Å². The molecule has 3 aliphatic heterocycles. The third kappa shape index (κ3) is 4.91. The van der Waals surface area contributed by atoms with Gasteiger partial charge in [0.05, 0.1) is 5.57 Å². The zero-order chi connectivity index (χ0) is 22.6. The van der Waals surface area contributed by atoms with Gasteiger partial charge >= 0.3 is 0 Å². The van der Waals surface area contributed by atoms with Gasteiger partial charge in [-0.1, -0.05) is 18.6 Å². The van der Waals surface area contributed by atoms with Gasteiger partial charge in [-0.3, -0.25) is 9.69 Å². The second kappa shape index (κ2) is 9.96. The molecule has 33 heavy (non-hydrogen) atoms. The third-order valence-corrected chi connectivity index (χ3v) is 6.80. The van der Waals surface area contributed by atoms with Gasteiger partial charge in [0, 0.05) is 30.8 Å². The maximum Gasteiger partial charge on any atom is 0.253 e. The molecule has 0 aliphatic carbocycles. The topological polar surface area (TPSA) is 42.0 Å². The lowest BCUT2D eigenvalue weighted by molar-refractivity contribution is -0.126. The van der Waals surface area contributed by atoms with Gasteiger partial charge in [-0.05, 0) is 74.7 Å². The Morgan fingerprint density at radius 1 is 0.939 bits per heavy atom. The lowest BCUT2D eigenvalue weighted by Crippen LogP contribution is -2.33. The van der Waals surface area contributed by atoms with Gasteiger partial charge in [0.15, 0.2) is 0 Å². The average Bonchev–Trinajstić information content (AvgIpc) is 3.39. The summed E-state index contributed by atoms with van der Waals surface area (Å²) in [6, 6.07) is 12.1. The van der Waals surface area contributed by atoms with E-state index in [1.165, 1.54) is 31.4 Å². The van der Waals surface area contributed by atoms with Crippen LogP contribution in [0.25, 0.3) is 5.57 Å². The molecule has 0 radical (unpaired) electrons. The van der Waals surface area contributed by atoms with Crippen LogP contribution < -0.4 is 9.47 Å². The predicted octanol–water partition coefficient (Wildman–Crippen LogP) is 4.51. The molecule has 6 heteroatoms. The Morgan fingerprint density at radius 2 is 1.67 bits per heavy atom. The maximum atomic E-state index is 13.7. The molecule has 1 amide bonds. The first-order valence-corrected chi connectivity index (χ1v) is 12.1. The molecule has 2 fully saturated rings. The van der Waals surface area contributed by atoms with Gasteiger partial charge in [-0.25, -0.2) is 4.39 Å². The highest BCUT2D eigenvalue weighted by atomic mass is 19.1. The molecule has 174 valence electrons. The van der Waals surface area contributed by atoms with E-state index in [-0.39, 0.29) is 18.3 Å². The fourth-order valence-electron chi connectivity index (χ4n) is 5.01. The molecule has 3 heterocycles. The zero-order valence-corrected chi connectivity index (χ0v) is 19.0. The molecular weight excluding hydrogens is 419 g/mol. The van der Waals surface area contributed by atoms with Gasteiger partial charge in [0.1, 0.15) is 30.5 Å². The van der Waals surface area contributed by atoms with Crippen molar-refractivity contribution in [2.45, 2.75) is 32.1 Å². The molecule has 0 saturated carbocycles. The highest BCUT2D eigenvalue weighted by Gasteiger charge is 2.30. The minimum Gasteiger partial charge on any atom is -0.492 e. The number of benzene rings is 2. The maximum absolute atomic E-state index is 13.7. The number of rotatable bonds is 6. The molecule has 0 N–H and O–H groups in total. The Labute approximate surface area is 194 Å². The fourth-order valence-corrected chi connectivity index (χ4v) is 5.01. The van der Waals surface area contributed by atoms with E-state index in [2.05, 4.69) is 4.90 Å². The number of piperidine rings is 1. The number of nitrogens with zero attached hydrogens (tertiary/aromatic N) is 2. The lowest BCUT2D eigenvalue weighted by Gasteiger charge is -2.28. The summed E-state index contributed by atoms with van der Waals surface area (Å²) in [5, 5.41) is 0. The van der Waals surface area contributed by atoms with Crippen molar-refractivity contribution in [3.8, 4) is 11.5 Å². The monoisotopic (exact) mass is 450 g/mol. The highest BCUT2D eigenvalue weighted by molar-refractivity contribution is 6.06. The second-order valence-corrected chi connectivity index (χ2v) is 9.06. The third-order valence-electron chi connectivity index (χ3n) is 6.80. The quantitative estimate of drug-likeness (QED) is 0.650. The average molecular weight is 451 g/mol. The standard InChI is InChI=1S/C27H31FN2O3/c28-21-8-6-20(7-9-21)26-23-18-22(32-17-16-29-12-2-1-3-13-29)10-11-25(23)33-19-24(26)27(31)30-14-4-5-15-30/h6-11,18H,1-5,12-17,19H2. The van der Waals surface area contributed by atoms with Gasteiger partial charge in [-0.2, -0.15) is 0 Å². The van der Waals surface area contributed by atoms with Gasteiger partial charge < -0.3 is 14.4 Å². The summed E-state index contributed by atoms with van der Waals surface area (Å²) in [5.41, 5.74) is 3.08. The number of halogens is 1. The van der Waals surface area contributed by atoms with Crippen molar-refractivity contribution >= 4 is 11.5 Å². The minimum absolute atomic E-state index is 0.00824. The van der Waals surface area contributed by atoms with E-state index in [0.29, 0.717) is 12.2 Å². The van der Waals surface area contributed by atoms with Crippen molar-refractivity contribution < 1.29 is 18.7 Å². The number of carbonyl (C=O) groups excluding carboxylic acids is 1. The second-order valence-electron chi connectivity index (χ2n) is 9.06. The largest absolute Gasteiger partial charge is 0.492 e. The Kier molecular flexibility index (Phi) is 6.63. The predicted molar refractivity (Wildman–Crippen MR) is 126 cm³/mol. The summed E-state index contributed by atoms with van der Waals surface area (Å²) in [6.45, 7) is 5.56. The van der Waals surface area contributed by atoms with Crippen LogP contribution in [0, 0.1) is 5.82 Å². The van der Waals surface area contributed by atoms with Crippen LogP contribution in [0.3, 0.4) is 0 Å². The molecular formula is C27H31FN2O3. The van der Waals surface area contributed by atoms with Crippen LogP contribution in [0.15, 0.2) is 48.0 Å². The van der Waals surface area contributed by atoms with E-state index in [1.54, 1.807) is 12.1 Å². The minimum atomic E-state index is -0.297. The van der Waals surface area contributed by atoms with E-state index >= 15 is 0 Å². The van der Waals surface area contributed by atoms with Crippen LogP contribution >= 0.6 is 0 Å². The number of carbonyl (C=O) groups is 1. The number of amides is 1. The summed E-state index contributed by atoms with van der Waals surface area (Å²) in [7, 11) is 0. The molecule has 0 aromatic heterocycles. The molecule has 0 unspecified atom stereocenters. The lowest BCUT2D eigenvalue weighted by atomic mass is 9.90. The van der Waals surface area contributed by atoms with Crippen LogP contribution in [0.2, 0.25) is 0 Å². The first kappa shape index (κ1) is 22.0. The Bertz CT molecular complexity index is 1020. The van der Waals surface area contributed by atoms with Crippen molar-refractivity contribution in [1.82, 2.24) is 9.80 Å². The Morgan fingerprint density at radius 3 is 2.42 bits per heavy atom. The number of hydrogen-bond acceptors (Lipinski definition) is 4. The van der Waals surface area contributed by atoms with Crippen molar-refractivity contribution in [2.24, 2.45) is 0 Å². The summed E-state index contributed by atoms with van der Waals surface area (Å²) in [5.74, 6) is 1.18. The van der Waals surface area contributed by atoms with E-state index in [9.17, 15) is 9.18 Å². The summed E-state index contributed by atoms with van der Waals surface area (Å²) < 4.78 is 25.8. The molecule has 0 atom stereocenters. The molecule has 5 nitrogen and oxygen atoms in total. The van der Waals surface area contributed by atoms with E-state index < -0.39 is 0 Å². The van der Waals surface area contributed by atoms with Crippen LogP contribution in [0.5, 0.6) is 11.5 Å². The van der Waals surface area contributed by atoms with E-state index in [1.807, 2.05) is 23.1 Å². The van der Waals surface area contributed by atoms with Gasteiger partial charge in [-0.15, -0.1) is 0 Å². The molecule has 2 aromatic rings. The number of likely N-dealkylation sites (tertiary alicyclic amines) is 2.